The highest BCUT2D eigenvalue weighted by molar-refractivity contribution is 6.38. The van der Waals surface area contributed by atoms with Crippen molar-refractivity contribution in [2.45, 2.75) is 51.6 Å². The fourth-order valence-electron chi connectivity index (χ4n) is 1.45. The first-order chi connectivity index (χ1) is 7.54. The summed E-state index contributed by atoms with van der Waals surface area (Å²) in [5, 5.41) is 5.13. The van der Waals surface area contributed by atoms with Crippen molar-refractivity contribution in [3.8, 4) is 0 Å². The molecule has 1 saturated carbocycles. The number of hydrogen-bond donors (Lipinski definition) is 2. The number of hydrogen-bond acceptors (Lipinski definition) is 3. The van der Waals surface area contributed by atoms with Crippen LogP contribution in [0.25, 0.3) is 0 Å². The van der Waals surface area contributed by atoms with Crippen LogP contribution < -0.4 is 10.6 Å². The number of carbonyl (C=O) groups is 3. The highest BCUT2D eigenvalue weighted by Crippen LogP contribution is 2.18. The zero-order valence-electron chi connectivity index (χ0n) is 9.71. The van der Waals surface area contributed by atoms with E-state index in [1.165, 1.54) is 6.92 Å². The van der Waals surface area contributed by atoms with Gasteiger partial charge in [0.05, 0.1) is 6.04 Å². The van der Waals surface area contributed by atoms with Gasteiger partial charge in [-0.15, -0.1) is 0 Å². The first-order valence-corrected chi connectivity index (χ1v) is 5.66. The molecule has 1 aliphatic rings. The number of ketones is 1. The van der Waals surface area contributed by atoms with Gasteiger partial charge in [-0.05, 0) is 19.3 Å². The first kappa shape index (κ1) is 12.7. The number of nitrogens with one attached hydrogen (secondary N) is 2. The number of Topliss-reactive ketones (excluding diaryl/α,β-unsaturated/α-hetero) is 1. The van der Waals surface area contributed by atoms with Crippen molar-refractivity contribution in [1.29, 1.82) is 0 Å². The average molecular weight is 226 g/mol. The Bertz CT molecular complexity index is 298. The van der Waals surface area contributed by atoms with Crippen LogP contribution in [0.15, 0.2) is 0 Å². The third kappa shape index (κ3) is 4.00. The third-order valence-corrected chi connectivity index (χ3v) is 2.41. The minimum atomic E-state index is -0.679. The quantitative estimate of drug-likeness (QED) is 0.632. The summed E-state index contributed by atoms with van der Waals surface area (Å²) in [5.74, 6) is -1.40. The Balaban J connectivity index is 2.49. The van der Waals surface area contributed by atoms with E-state index in [2.05, 4.69) is 10.6 Å². The van der Waals surface area contributed by atoms with E-state index in [1.807, 2.05) is 6.92 Å². The second-order valence-electron chi connectivity index (χ2n) is 4.15. The van der Waals surface area contributed by atoms with Crippen molar-refractivity contribution in [2.24, 2.45) is 0 Å². The molecular formula is C11H18N2O3. The Morgan fingerprint density at radius 1 is 1.31 bits per heavy atom. The van der Waals surface area contributed by atoms with Gasteiger partial charge >= 0.3 is 0 Å². The van der Waals surface area contributed by atoms with Crippen LogP contribution in [0.5, 0.6) is 0 Å². The number of amides is 2. The zero-order chi connectivity index (χ0) is 12.1. The SMILES string of the molecule is CCC[C@@H](NC(C)=O)C(=O)C(=O)NC1CC1. The lowest BCUT2D eigenvalue weighted by Gasteiger charge is -2.15. The molecule has 0 bridgehead atoms. The summed E-state index contributed by atoms with van der Waals surface area (Å²) in [6, 6.07) is -0.516. The molecule has 90 valence electrons. The van der Waals surface area contributed by atoms with Crippen LogP contribution in [0, 0.1) is 0 Å². The van der Waals surface area contributed by atoms with Crippen molar-refractivity contribution in [3.05, 3.63) is 0 Å². The fraction of sp³-hybridized carbons (Fsp3) is 0.727. The molecule has 0 spiro atoms. The Kier molecular flexibility index (Phi) is 4.46. The summed E-state index contributed by atoms with van der Waals surface area (Å²) in [5.41, 5.74) is 0. The van der Waals surface area contributed by atoms with Crippen LogP contribution in [-0.2, 0) is 14.4 Å². The molecule has 0 heterocycles. The van der Waals surface area contributed by atoms with E-state index in [4.69, 9.17) is 0 Å². The van der Waals surface area contributed by atoms with Gasteiger partial charge in [-0.3, -0.25) is 14.4 Å². The Hall–Kier alpha value is -1.39. The van der Waals surface area contributed by atoms with Crippen LogP contribution in [0.3, 0.4) is 0 Å². The van der Waals surface area contributed by atoms with Crippen LogP contribution in [0.1, 0.15) is 39.5 Å². The Labute approximate surface area is 95.0 Å². The minimum absolute atomic E-state index is 0.163. The van der Waals surface area contributed by atoms with Crippen LogP contribution in [0.4, 0.5) is 0 Å². The molecular weight excluding hydrogens is 208 g/mol. The maximum Gasteiger partial charge on any atom is 0.289 e. The van der Waals surface area contributed by atoms with Gasteiger partial charge < -0.3 is 10.6 Å². The number of rotatable bonds is 6. The standard InChI is InChI=1S/C11H18N2O3/c1-3-4-9(12-7(2)14)10(15)11(16)13-8-5-6-8/h8-9H,3-6H2,1-2H3,(H,12,14)(H,13,16)/t9-/m1/s1. The molecule has 0 aromatic heterocycles. The fourth-order valence-corrected chi connectivity index (χ4v) is 1.45. The summed E-state index contributed by atoms with van der Waals surface area (Å²) in [7, 11) is 0. The molecule has 5 nitrogen and oxygen atoms in total. The first-order valence-electron chi connectivity index (χ1n) is 5.66. The van der Waals surface area contributed by atoms with Crippen LogP contribution in [-0.4, -0.2) is 29.7 Å². The van der Waals surface area contributed by atoms with E-state index in [-0.39, 0.29) is 11.9 Å². The molecule has 0 aromatic rings. The smallest absolute Gasteiger partial charge is 0.289 e. The monoisotopic (exact) mass is 226 g/mol. The van der Waals surface area contributed by atoms with Gasteiger partial charge in [0.1, 0.15) is 0 Å². The topological polar surface area (TPSA) is 75.3 Å². The normalized spacial score (nSPS) is 16.4. The molecule has 1 atom stereocenters. The van der Waals surface area contributed by atoms with E-state index < -0.39 is 17.7 Å². The van der Waals surface area contributed by atoms with Crippen molar-refractivity contribution in [3.63, 3.8) is 0 Å². The molecule has 5 heteroatoms. The molecule has 2 N–H and O–H groups in total. The molecule has 0 unspecified atom stereocenters. The van der Waals surface area contributed by atoms with Crippen LogP contribution >= 0.6 is 0 Å². The van der Waals surface area contributed by atoms with Gasteiger partial charge in [0.2, 0.25) is 11.7 Å². The van der Waals surface area contributed by atoms with Gasteiger partial charge in [-0.2, -0.15) is 0 Å². The maximum absolute atomic E-state index is 11.7. The summed E-state index contributed by atoms with van der Waals surface area (Å²) in [6.45, 7) is 3.25. The summed E-state index contributed by atoms with van der Waals surface area (Å²) in [6.07, 6.45) is 3.12. The van der Waals surface area contributed by atoms with Gasteiger partial charge in [-0.25, -0.2) is 0 Å². The van der Waals surface area contributed by atoms with Gasteiger partial charge in [0, 0.05) is 13.0 Å². The molecule has 0 aromatic carbocycles. The second-order valence-corrected chi connectivity index (χ2v) is 4.15. The Morgan fingerprint density at radius 3 is 2.38 bits per heavy atom. The summed E-state index contributed by atoms with van der Waals surface area (Å²) >= 11 is 0. The van der Waals surface area contributed by atoms with Crippen LogP contribution in [0.2, 0.25) is 0 Å². The average Bonchev–Trinajstić information content (AvgIpc) is 2.99. The molecule has 0 aliphatic heterocycles. The lowest BCUT2D eigenvalue weighted by Crippen LogP contribution is -2.47. The summed E-state index contributed by atoms with van der Waals surface area (Å²) < 4.78 is 0. The highest BCUT2D eigenvalue weighted by Gasteiger charge is 2.30. The van der Waals surface area contributed by atoms with Gasteiger partial charge in [0.25, 0.3) is 5.91 Å². The molecule has 2 amide bonds. The van der Waals surface area contributed by atoms with Crippen molar-refractivity contribution in [1.82, 2.24) is 10.6 Å². The van der Waals surface area contributed by atoms with Crippen molar-refractivity contribution < 1.29 is 14.4 Å². The molecule has 0 saturated heterocycles. The predicted octanol–water partition coefficient (Wildman–Crippen LogP) is 0.139. The van der Waals surface area contributed by atoms with Crippen molar-refractivity contribution in [2.75, 3.05) is 0 Å². The lowest BCUT2D eigenvalue weighted by atomic mass is 10.1. The van der Waals surface area contributed by atoms with E-state index in [0.717, 1.165) is 19.3 Å². The van der Waals surface area contributed by atoms with Gasteiger partial charge in [0.15, 0.2) is 0 Å². The van der Waals surface area contributed by atoms with Gasteiger partial charge in [-0.1, -0.05) is 13.3 Å². The Morgan fingerprint density at radius 2 is 1.94 bits per heavy atom. The molecule has 0 radical (unpaired) electrons. The molecule has 1 fully saturated rings. The minimum Gasteiger partial charge on any atom is -0.347 e. The highest BCUT2D eigenvalue weighted by atomic mass is 16.2. The molecule has 1 aliphatic carbocycles. The van der Waals surface area contributed by atoms with E-state index in [1.54, 1.807) is 0 Å². The lowest BCUT2D eigenvalue weighted by molar-refractivity contribution is -0.140. The molecule has 16 heavy (non-hydrogen) atoms. The van der Waals surface area contributed by atoms with Crippen molar-refractivity contribution >= 4 is 17.6 Å². The van der Waals surface area contributed by atoms with E-state index in [0.29, 0.717) is 6.42 Å². The third-order valence-electron chi connectivity index (χ3n) is 2.41. The maximum atomic E-state index is 11.7. The van der Waals surface area contributed by atoms with E-state index >= 15 is 0 Å². The second kappa shape index (κ2) is 5.63. The largest absolute Gasteiger partial charge is 0.347 e. The zero-order valence-corrected chi connectivity index (χ0v) is 9.71. The predicted molar refractivity (Wildman–Crippen MR) is 58.7 cm³/mol. The number of carbonyl (C=O) groups excluding carboxylic acids is 3. The van der Waals surface area contributed by atoms with E-state index in [9.17, 15) is 14.4 Å². The molecule has 1 rings (SSSR count). The summed E-state index contributed by atoms with van der Waals surface area (Å²) in [4.78, 5) is 34.1.